The third-order valence-electron chi connectivity index (χ3n) is 3.90. The van der Waals surface area contributed by atoms with Crippen molar-refractivity contribution in [1.29, 1.82) is 0 Å². The highest BCUT2D eigenvalue weighted by Gasteiger charge is 2.00. The van der Waals surface area contributed by atoms with Crippen LogP contribution in [0.15, 0.2) is 35.6 Å². The first-order valence-electron chi connectivity index (χ1n) is 8.56. The molecule has 0 saturated heterocycles. The fraction of sp³-hybridized carbons (Fsp3) is 0.474. The topological polar surface area (TPSA) is 54.2 Å². The van der Waals surface area contributed by atoms with Crippen LogP contribution in [0.1, 0.15) is 28.7 Å². The van der Waals surface area contributed by atoms with E-state index < -0.39 is 0 Å². The largest absolute Gasteiger partial charge is 0.356 e. The second-order valence-electron chi connectivity index (χ2n) is 6.30. The smallest absolute Gasteiger partial charge is 0.190 e. The van der Waals surface area contributed by atoms with E-state index in [0.717, 1.165) is 38.3 Å². The highest BCUT2D eigenvalue weighted by molar-refractivity contribution is 5.79. The van der Waals surface area contributed by atoms with Crippen molar-refractivity contribution in [2.45, 2.75) is 33.1 Å². The van der Waals surface area contributed by atoms with Crippen LogP contribution in [-0.4, -0.2) is 35.9 Å². The van der Waals surface area contributed by atoms with Gasteiger partial charge in [0.15, 0.2) is 5.96 Å². The van der Waals surface area contributed by atoms with Crippen molar-refractivity contribution in [1.82, 2.24) is 20.4 Å². The highest BCUT2D eigenvalue weighted by Crippen LogP contribution is 2.08. The Morgan fingerprint density at radius 1 is 1.04 bits per heavy atom. The summed E-state index contributed by atoms with van der Waals surface area (Å²) in [7, 11) is 3.76. The van der Waals surface area contributed by atoms with E-state index in [1.807, 2.05) is 25.0 Å². The van der Waals surface area contributed by atoms with E-state index in [9.17, 15) is 0 Å². The zero-order valence-corrected chi connectivity index (χ0v) is 15.3. The molecule has 0 unspecified atom stereocenters. The normalized spacial score (nSPS) is 11.6. The summed E-state index contributed by atoms with van der Waals surface area (Å²) in [4.78, 5) is 4.28. The van der Waals surface area contributed by atoms with Crippen molar-refractivity contribution in [2.24, 2.45) is 12.0 Å². The Balaban J connectivity index is 1.66. The molecule has 130 valence electrons. The van der Waals surface area contributed by atoms with Gasteiger partial charge in [-0.15, -0.1) is 0 Å². The summed E-state index contributed by atoms with van der Waals surface area (Å²) < 4.78 is 1.84. The van der Waals surface area contributed by atoms with Crippen molar-refractivity contribution in [3.8, 4) is 0 Å². The molecule has 5 nitrogen and oxygen atoms in total. The summed E-state index contributed by atoms with van der Waals surface area (Å²) in [6.07, 6.45) is 7.08. The minimum absolute atomic E-state index is 0.866. The fourth-order valence-corrected chi connectivity index (χ4v) is 2.86. The molecule has 0 aliphatic heterocycles. The summed E-state index contributed by atoms with van der Waals surface area (Å²) in [6.45, 7) is 6.07. The van der Waals surface area contributed by atoms with Gasteiger partial charge in [0.1, 0.15) is 0 Å². The molecule has 2 rings (SSSR count). The molecule has 1 aromatic heterocycles. The van der Waals surface area contributed by atoms with Crippen LogP contribution in [0.4, 0.5) is 0 Å². The van der Waals surface area contributed by atoms with E-state index in [4.69, 9.17) is 0 Å². The molecule has 0 bridgehead atoms. The zero-order chi connectivity index (χ0) is 17.4. The number of aromatic nitrogens is 2. The quantitative estimate of drug-likeness (QED) is 0.466. The van der Waals surface area contributed by atoms with E-state index in [1.54, 1.807) is 0 Å². The molecule has 5 heteroatoms. The Hall–Kier alpha value is -2.30. The first-order valence-corrected chi connectivity index (χ1v) is 8.56. The van der Waals surface area contributed by atoms with Gasteiger partial charge in [0.2, 0.25) is 0 Å². The fourth-order valence-electron chi connectivity index (χ4n) is 2.86. The number of aliphatic imine (C=N–C) groups is 1. The molecular formula is C19H29N5. The van der Waals surface area contributed by atoms with E-state index >= 15 is 0 Å². The van der Waals surface area contributed by atoms with Crippen LogP contribution in [0.25, 0.3) is 0 Å². The zero-order valence-electron chi connectivity index (χ0n) is 15.3. The third-order valence-corrected chi connectivity index (χ3v) is 3.90. The van der Waals surface area contributed by atoms with Crippen LogP contribution in [0.3, 0.4) is 0 Å². The Labute approximate surface area is 145 Å². The maximum absolute atomic E-state index is 4.28. The average molecular weight is 327 g/mol. The molecule has 0 fully saturated rings. The summed E-state index contributed by atoms with van der Waals surface area (Å²) in [5.41, 5.74) is 5.29. The van der Waals surface area contributed by atoms with Gasteiger partial charge in [0, 0.05) is 33.4 Å². The van der Waals surface area contributed by atoms with E-state index in [1.165, 1.54) is 22.3 Å². The Kier molecular flexibility index (Phi) is 6.85. The predicted octanol–water partition coefficient (Wildman–Crippen LogP) is 2.38. The molecule has 2 N–H and O–H groups in total. The van der Waals surface area contributed by atoms with Gasteiger partial charge in [-0.05, 0) is 44.2 Å². The molecule has 0 aliphatic carbocycles. The second-order valence-corrected chi connectivity index (χ2v) is 6.30. The van der Waals surface area contributed by atoms with E-state index in [2.05, 4.69) is 59.0 Å². The van der Waals surface area contributed by atoms with E-state index in [0.29, 0.717) is 0 Å². The average Bonchev–Trinajstić information content (AvgIpc) is 2.94. The number of nitrogens with one attached hydrogen (secondary N) is 2. The predicted molar refractivity (Wildman–Crippen MR) is 101 cm³/mol. The number of benzene rings is 1. The van der Waals surface area contributed by atoms with Gasteiger partial charge in [-0.3, -0.25) is 9.67 Å². The lowest BCUT2D eigenvalue weighted by atomic mass is 10.1. The summed E-state index contributed by atoms with van der Waals surface area (Å²) in [5, 5.41) is 10.9. The van der Waals surface area contributed by atoms with Gasteiger partial charge < -0.3 is 10.6 Å². The van der Waals surface area contributed by atoms with Crippen molar-refractivity contribution in [2.75, 3.05) is 20.1 Å². The van der Waals surface area contributed by atoms with Crippen LogP contribution in [-0.2, 0) is 19.9 Å². The van der Waals surface area contributed by atoms with Crippen molar-refractivity contribution in [3.05, 3.63) is 52.8 Å². The summed E-state index contributed by atoms with van der Waals surface area (Å²) in [5.74, 6) is 0.866. The van der Waals surface area contributed by atoms with Crippen LogP contribution < -0.4 is 10.6 Å². The highest BCUT2D eigenvalue weighted by atomic mass is 15.2. The molecule has 0 aliphatic rings. The van der Waals surface area contributed by atoms with Gasteiger partial charge >= 0.3 is 0 Å². The number of aryl methyl sites for hydroxylation is 4. The Morgan fingerprint density at radius 3 is 2.38 bits per heavy atom. The molecule has 1 heterocycles. The molecule has 0 spiro atoms. The third kappa shape index (κ3) is 6.07. The van der Waals surface area contributed by atoms with Gasteiger partial charge in [-0.1, -0.05) is 29.3 Å². The lowest BCUT2D eigenvalue weighted by Gasteiger charge is -2.12. The molecule has 0 saturated carbocycles. The van der Waals surface area contributed by atoms with Crippen molar-refractivity contribution < 1.29 is 0 Å². The molecule has 0 atom stereocenters. The lowest BCUT2D eigenvalue weighted by molar-refractivity contribution is 0.736. The van der Waals surface area contributed by atoms with Gasteiger partial charge in [0.25, 0.3) is 0 Å². The molecular weight excluding hydrogens is 298 g/mol. The van der Waals surface area contributed by atoms with Crippen LogP contribution in [0.2, 0.25) is 0 Å². The Bertz CT molecular complexity index is 652. The maximum Gasteiger partial charge on any atom is 0.190 e. The van der Waals surface area contributed by atoms with Gasteiger partial charge in [-0.25, -0.2) is 0 Å². The van der Waals surface area contributed by atoms with E-state index in [-0.39, 0.29) is 0 Å². The molecule has 0 amide bonds. The number of guanidine groups is 1. The first kappa shape index (κ1) is 18.0. The number of nitrogens with zero attached hydrogens (tertiary/aromatic N) is 3. The first-order chi connectivity index (χ1) is 11.6. The summed E-state index contributed by atoms with van der Waals surface area (Å²) in [6, 6.07) is 6.71. The van der Waals surface area contributed by atoms with Gasteiger partial charge in [0.05, 0.1) is 6.20 Å². The number of rotatable bonds is 7. The molecule has 1 aromatic carbocycles. The van der Waals surface area contributed by atoms with Crippen LogP contribution >= 0.6 is 0 Å². The standard InChI is InChI=1S/C19H29N5/c1-15-10-16(2)12-17(11-15)7-9-22-19(20-3)21-8-5-6-18-13-23-24(4)14-18/h10-14H,5-9H2,1-4H3,(H2,20,21,22). The minimum atomic E-state index is 0.866. The van der Waals surface area contributed by atoms with Gasteiger partial charge in [-0.2, -0.15) is 5.10 Å². The minimum Gasteiger partial charge on any atom is -0.356 e. The van der Waals surface area contributed by atoms with Crippen LogP contribution in [0.5, 0.6) is 0 Å². The molecule has 2 aromatic rings. The number of hydrogen-bond acceptors (Lipinski definition) is 2. The maximum atomic E-state index is 4.28. The lowest BCUT2D eigenvalue weighted by Crippen LogP contribution is -2.38. The number of hydrogen-bond donors (Lipinski definition) is 2. The van der Waals surface area contributed by atoms with Crippen molar-refractivity contribution in [3.63, 3.8) is 0 Å². The SMILES string of the molecule is CN=C(NCCCc1cnn(C)c1)NCCc1cc(C)cc(C)c1. The second kappa shape index (κ2) is 9.11. The van der Waals surface area contributed by atoms with Crippen molar-refractivity contribution >= 4 is 5.96 Å². The molecule has 0 radical (unpaired) electrons. The van der Waals surface area contributed by atoms with Crippen LogP contribution in [0, 0.1) is 13.8 Å². The monoisotopic (exact) mass is 327 g/mol. The molecule has 24 heavy (non-hydrogen) atoms. The Morgan fingerprint density at radius 2 is 1.75 bits per heavy atom. The summed E-state index contributed by atoms with van der Waals surface area (Å²) >= 11 is 0.